The van der Waals surface area contributed by atoms with E-state index < -0.39 is 23.8 Å². The van der Waals surface area contributed by atoms with Crippen LogP contribution in [0.2, 0.25) is 0 Å². The number of primary amides is 1. The number of amides is 2. The summed E-state index contributed by atoms with van der Waals surface area (Å²) in [5.41, 5.74) is 5.28. The zero-order chi connectivity index (χ0) is 14.4. The maximum atomic E-state index is 11.8. The molecular weight excluding hydrogens is 316 g/mol. The van der Waals surface area contributed by atoms with Gasteiger partial charge in [0.25, 0.3) is 5.91 Å². The minimum absolute atomic E-state index is 0.0373. The minimum Gasteiger partial charge on any atom is -0.480 e. The molecule has 2 amide bonds. The molecule has 102 valence electrons. The zero-order valence-electron chi connectivity index (χ0n) is 9.93. The molecule has 1 atom stereocenters. The molecule has 0 spiro atoms. The van der Waals surface area contributed by atoms with E-state index in [-0.39, 0.29) is 12.8 Å². The predicted octanol–water partition coefficient (Wildman–Crippen LogP) is 0.898. The van der Waals surface area contributed by atoms with Crippen LogP contribution in [0.1, 0.15) is 23.2 Å². The third kappa shape index (κ3) is 5.09. The summed E-state index contributed by atoms with van der Waals surface area (Å²) in [6.45, 7) is 0. The van der Waals surface area contributed by atoms with Crippen LogP contribution in [-0.4, -0.2) is 28.9 Å². The fourth-order valence-electron chi connectivity index (χ4n) is 1.42. The Morgan fingerprint density at radius 2 is 2.05 bits per heavy atom. The van der Waals surface area contributed by atoms with Gasteiger partial charge in [-0.1, -0.05) is 22.0 Å². The maximum Gasteiger partial charge on any atom is 0.326 e. The number of aliphatic carboxylic acids is 1. The van der Waals surface area contributed by atoms with E-state index in [1.807, 2.05) is 0 Å². The van der Waals surface area contributed by atoms with Crippen molar-refractivity contribution in [3.8, 4) is 0 Å². The first-order chi connectivity index (χ1) is 8.90. The first-order valence-electron chi connectivity index (χ1n) is 5.47. The van der Waals surface area contributed by atoms with E-state index in [4.69, 9.17) is 10.8 Å². The molecule has 1 rings (SSSR count). The Bertz CT molecular complexity index is 504. The van der Waals surface area contributed by atoms with Crippen LogP contribution in [0.5, 0.6) is 0 Å². The quantitative estimate of drug-likeness (QED) is 0.720. The largest absolute Gasteiger partial charge is 0.480 e. The average Bonchev–Trinajstić information content (AvgIpc) is 2.33. The molecular formula is C12H13BrN2O4. The summed E-state index contributed by atoms with van der Waals surface area (Å²) in [5.74, 6) is -2.33. The van der Waals surface area contributed by atoms with Crippen LogP contribution in [0.3, 0.4) is 0 Å². The van der Waals surface area contributed by atoms with E-state index in [1.165, 1.54) is 0 Å². The Balaban J connectivity index is 2.71. The van der Waals surface area contributed by atoms with Gasteiger partial charge >= 0.3 is 5.97 Å². The first-order valence-corrected chi connectivity index (χ1v) is 6.27. The van der Waals surface area contributed by atoms with Crippen molar-refractivity contribution in [2.24, 2.45) is 5.73 Å². The summed E-state index contributed by atoms with van der Waals surface area (Å²) in [6.07, 6.45) is -0.139. The molecule has 1 aromatic rings. The van der Waals surface area contributed by atoms with Crippen LogP contribution < -0.4 is 11.1 Å². The summed E-state index contributed by atoms with van der Waals surface area (Å²) in [6, 6.07) is 5.41. The SMILES string of the molecule is NC(=O)CC[C@@H](NC(=O)c1cccc(Br)c1)C(=O)O. The summed E-state index contributed by atoms with van der Waals surface area (Å²) in [5, 5.41) is 11.3. The van der Waals surface area contributed by atoms with Crippen LogP contribution >= 0.6 is 15.9 Å². The number of nitrogens with two attached hydrogens (primary N) is 1. The smallest absolute Gasteiger partial charge is 0.326 e. The Kier molecular flexibility index (Phi) is 5.50. The van der Waals surface area contributed by atoms with E-state index in [2.05, 4.69) is 21.2 Å². The van der Waals surface area contributed by atoms with E-state index in [0.717, 1.165) is 0 Å². The van der Waals surface area contributed by atoms with Crippen molar-refractivity contribution in [1.29, 1.82) is 0 Å². The molecule has 6 nitrogen and oxygen atoms in total. The highest BCUT2D eigenvalue weighted by molar-refractivity contribution is 9.10. The second-order valence-electron chi connectivity index (χ2n) is 3.88. The highest BCUT2D eigenvalue weighted by Crippen LogP contribution is 2.12. The lowest BCUT2D eigenvalue weighted by Gasteiger charge is -2.13. The third-order valence-corrected chi connectivity index (χ3v) is 2.86. The Morgan fingerprint density at radius 1 is 1.37 bits per heavy atom. The molecule has 0 unspecified atom stereocenters. The highest BCUT2D eigenvalue weighted by atomic mass is 79.9. The van der Waals surface area contributed by atoms with Crippen molar-refractivity contribution in [1.82, 2.24) is 5.32 Å². The zero-order valence-corrected chi connectivity index (χ0v) is 11.5. The number of rotatable bonds is 6. The number of nitrogens with one attached hydrogen (secondary N) is 1. The predicted molar refractivity (Wildman–Crippen MR) is 71.5 cm³/mol. The molecule has 0 radical (unpaired) electrons. The summed E-state index contributed by atoms with van der Waals surface area (Å²) in [7, 11) is 0. The normalized spacial score (nSPS) is 11.6. The molecule has 0 aliphatic rings. The fourth-order valence-corrected chi connectivity index (χ4v) is 1.81. The third-order valence-electron chi connectivity index (χ3n) is 2.37. The molecule has 0 aromatic heterocycles. The van der Waals surface area contributed by atoms with Gasteiger partial charge in [0.15, 0.2) is 0 Å². The van der Waals surface area contributed by atoms with E-state index in [9.17, 15) is 14.4 Å². The highest BCUT2D eigenvalue weighted by Gasteiger charge is 2.21. The molecule has 0 aliphatic heterocycles. The number of hydrogen-bond donors (Lipinski definition) is 3. The summed E-state index contributed by atoms with van der Waals surface area (Å²) in [4.78, 5) is 33.5. The molecule has 0 saturated carbocycles. The molecule has 0 heterocycles. The molecule has 0 aliphatic carbocycles. The number of carboxylic acid groups (broad SMARTS) is 1. The number of benzene rings is 1. The number of carboxylic acids is 1. The van der Waals surface area contributed by atoms with Crippen molar-refractivity contribution < 1.29 is 19.5 Å². The van der Waals surface area contributed by atoms with Gasteiger partial charge in [-0.15, -0.1) is 0 Å². The van der Waals surface area contributed by atoms with Gasteiger partial charge in [-0.3, -0.25) is 9.59 Å². The van der Waals surface area contributed by atoms with Crippen LogP contribution in [0, 0.1) is 0 Å². The van der Waals surface area contributed by atoms with Gasteiger partial charge in [-0.25, -0.2) is 4.79 Å². The lowest BCUT2D eigenvalue weighted by Crippen LogP contribution is -2.41. The van der Waals surface area contributed by atoms with Crippen LogP contribution in [0.4, 0.5) is 0 Å². The van der Waals surface area contributed by atoms with Gasteiger partial charge in [0.1, 0.15) is 6.04 Å². The van der Waals surface area contributed by atoms with E-state index in [0.29, 0.717) is 10.0 Å². The van der Waals surface area contributed by atoms with Gasteiger partial charge < -0.3 is 16.2 Å². The van der Waals surface area contributed by atoms with Crippen LogP contribution in [0.25, 0.3) is 0 Å². The van der Waals surface area contributed by atoms with Crippen molar-refractivity contribution in [2.45, 2.75) is 18.9 Å². The van der Waals surface area contributed by atoms with Crippen molar-refractivity contribution in [3.05, 3.63) is 34.3 Å². The molecule has 0 saturated heterocycles. The average molecular weight is 329 g/mol. The van der Waals surface area contributed by atoms with Gasteiger partial charge in [-0.05, 0) is 24.6 Å². The van der Waals surface area contributed by atoms with Crippen molar-refractivity contribution in [2.75, 3.05) is 0 Å². The molecule has 4 N–H and O–H groups in total. The van der Waals surface area contributed by atoms with Crippen LogP contribution in [-0.2, 0) is 9.59 Å². The molecule has 0 bridgehead atoms. The summed E-state index contributed by atoms with van der Waals surface area (Å²) < 4.78 is 0.712. The number of hydrogen-bond acceptors (Lipinski definition) is 3. The second-order valence-corrected chi connectivity index (χ2v) is 4.80. The van der Waals surface area contributed by atoms with Crippen LogP contribution in [0.15, 0.2) is 28.7 Å². The monoisotopic (exact) mass is 328 g/mol. The van der Waals surface area contributed by atoms with Crippen molar-refractivity contribution >= 4 is 33.7 Å². The Hall–Kier alpha value is -1.89. The Labute approximate surface area is 118 Å². The van der Waals surface area contributed by atoms with Gasteiger partial charge in [0.05, 0.1) is 0 Å². The number of carbonyl (C=O) groups excluding carboxylic acids is 2. The first kappa shape index (κ1) is 15.2. The van der Waals surface area contributed by atoms with E-state index >= 15 is 0 Å². The van der Waals surface area contributed by atoms with E-state index in [1.54, 1.807) is 24.3 Å². The van der Waals surface area contributed by atoms with Gasteiger partial charge in [-0.2, -0.15) is 0 Å². The minimum atomic E-state index is -1.20. The fraction of sp³-hybridized carbons (Fsp3) is 0.250. The number of carbonyl (C=O) groups is 3. The molecule has 0 fully saturated rings. The maximum absolute atomic E-state index is 11.8. The van der Waals surface area contributed by atoms with Gasteiger partial charge in [0.2, 0.25) is 5.91 Å². The second kappa shape index (κ2) is 6.89. The number of halogens is 1. The molecule has 7 heteroatoms. The summed E-state index contributed by atoms with van der Waals surface area (Å²) >= 11 is 3.22. The standard InChI is InChI=1S/C12H13BrN2O4/c13-8-3-1-2-7(6-8)11(17)15-9(12(18)19)4-5-10(14)16/h1-3,6,9H,4-5H2,(H2,14,16)(H,15,17)(H,18,19)/t9-/m1/s1. The lowest BCUT2D eigenvalue weighted by molar-refractivity contribution is -0.139. The van der Waals surface area contributed by atoms with Gasteiger partial charge in [0, 0.05) is 16.5 Å². The Morgan fingerprint density at radius 3 is 2.58 bits per heavy atom. The van der Waals surface area contributed by atoms with Crippen molar-refractivity contribution in [3.63, 3.8) is 0 Å². The molecule has 19 heavy (non-hydrogen) atoms. The lowest BCUT2D eigenvalue weighted by atomic mass is 10.1. The topological polar surface area (TPSA) is 109 Å². The molecule has 1 aromatic carbocycles.